The van der Waals surface area contributed by atoms with Crippen LogP contribution in [0.3, 0.4) is 0 Å². The third-order valence-corrected chi connectivity index (χ3v) is 7.13. The van der Waals surface area contributed by atoms with Gasteiger partial charge in [-0.3, -0.25) is 4.79 Å². The largest absolute Gasteiger partial charge is 0.465 e. The predicted molar refractivity (Wildman–Crippen MR) is 115 cm³/mol. The van der Waals surface area contributed by atoms with Crippen molar-refractivity contribution >= 4 is 27.6 Å². The summed E-state index contributed by atoms with van der Waals surface area (Å²) in [5, 5.41) is 2.77. The van der Waals surface area contributed by atoms with Crippen LogP contribution in [0.4, 0.5) is 5.69 Å². The number of anilines is 1. The van der Waals surface area contributed by atoms with Gasteiger partial charge in [-0.1, -0.05) is 36.4 Å². The van der Waals surface area contributed by atoms with Gasteiger partial charge in [-0.25, -0.2) is 17.5 Å². The summed E-state index contributed by atoms with van der Waals surface area (Å²) >= 11 is 0. The number of carbonyl (C=O) groups is 2. The van der Waals surface area contributed by atoms with E-state index < -0.39 is 21.9 Å². The molecule has 1 fully saturated rings. The van der Waals surface area contributed by atoms with E-state index in [-0.39, 0.29) is 23.8 Å². The Labute approximate surface area is 177 Å². The van der Waals surface area contributed by atoms with Crippen LogP contribution in [0.15, 0.2) is 48.5 Å². The molecule has 1 heterocycles. The Morgan fingerprint density at radius 3 is 2.57 bits per heavy atom. The Morgan fingerprint density at radius 1 is 1.13 bits per heavy atom. The number of hydrogen-bond acceptors (Lipinski definition) is 5. The summed E-state index contributed by atoms with van der Waals surface area (Å²) in [6.45, 7) is 2.41. The quantitative estimate of drug-likeness (QED) is 0.712. The van der Waals surface area contributed by atoms with Gasteiger partial charge in [0.2, 0.25) is 15.9 Å². The van der Waals surface area contributed by atoms with Crippen LogP contribution in [0.2, 0.25) is 0 Å². The molecule has 0 spiro atoms. The Hall–Kier alpha value is -2.71. The summed E-state index contributed by atoms with van der Waals surface area (Å²) in [7, 11) is -2.27. The van der Waals surface area contributed by atoms with Gasteiger partial charge in [0.1, 0.15) is 0 Å². The zero-order valence-corrected chi connectivity index (χ0v) is 17.9. The molecule has 1 N–H and O–H groups in total. The Morgan fingerprint density at radius 2 is 1.83 bits per heavy atom. The van der Waals surface area contributed by atoms with E-state index in [0.29, 0.717) is 25.1 Å². The first kappa shape index (κ1) is 22.0. The number of sulfonamides is 1. The van der Waals surface area contributed by atoms with Crippen molar-refractivity contribution in [1.29, 1.82) is 0 Å². The van der Waals surface area contributed by atoms with Gasteiger partial charge in [0.15, 0.2) is 0 Å². The number of methoxy groups -OCH3 is 1. The third kappa shape index (κ3) is 5.06. The molecule has 1 atom stereocenters. The van der Waals surface area contributed by atoms with Crippen molar-refractivity contribution < 1.29 is 22.7 Å². The molecule has 0 aromatic heterocycles. The summed E-state index contributed by atoms with van der Waals surface area (Å²) in [4.78, 5) is 24.7. The summed E-state index contributed by atoms with van der Waals surface area (Å²) in [5.74, 6) is -1.42. The number of ether oxygens (including phenoxy) is 1. The molecule has 0 aliphatic carbocycles. The van der Waals surface area contributed by atoms with E-state index in [2.05, 4.69) is 5.32 Å². The average Bonchev–Trinajstić information content (AvgIpc) is 2.75. The van der Waals surface area contributed by atoms with Gasteiger partial charge in [0, 0.05) is 13.1 Å². The number of carbonyl (C=O) groups excluding carboxylic acids is 2. The Balaban J connectivity index is 1.71. The van der Waals surface area contributed by atoms with Crippen LogP contribution < -0.4 is 5.32 Å². The highest BCUT2D eigenvalue weighted by Crippen LogP contribution is 2.24. The van der Waals surface area contributed by atoms with Crippen LogP contribution in [-0.4, -0.2) is 44.8 Å². The Kier molecular flexibility index (Phi) is 6.89. The number of nitrogens with one attached hydrogen (secondary N) is 1. The van der Waals surface area contributed by atoms with Crippen molar-refractivity contribution in [3.8, 4) is 0 Å². The molecule has 0 bridgehead atoms. The second-order valence-electron chi connectivity index (χ2n) is 7.41. The van der Waals surface area contributed by atoms with Crippen molar-refractivity contribution in [3.63, 3.8) is 0 Å². The number of aryl methyl sites for hydroxylation is 1. The maximum absolute atomic E-state index is 12.9. The standard InChI is InChI=1S/C22H26N2O5S/c1-16-8-3-4-9-18(16)15-30(27,28)24-13-7-10-17(14-24)21(25)23-20-12-6-5-11-19(20)22(26)29-2/h3-6,8-9,11-12,17H,7,10,13-15H2,1-2H3,(H,23,25). The second kappa shape index (κ2) is 9.40. The van der Waals surface area contributed by atoms with Crippen LogP contribution in [0, 0.1) is 12.8 Å². The molecule has 0 radical (unpaired) electrons. The van der Waals surface area contributed by atoms with E-state index in [1.165, 1.54) is 11.4 Å². The molecular weight excluding hydrogens is 404 g/mol. The molecule has 1 aliphatic heterocycles. The van der Waals surface area contributed by atoms with Gasteiger partial charge in [0.25, 0.3) is 0 Å². The fourth-order valence-corrected chi connectivity index (χ4v) is 5.30. The first-order chi connectivity index (χ1) is 14.3. The lowest BCUT2D eigenvalue weighted by Gasteiger charge is -2.31. The minimum Gasteiger partial charge on any atom is -0.465 e. The summed E-state index contributed by atoms with van der Waals surface area (Å²) < 4.78 is 32.1. The minimum atomic E-state index is -3.54. The molecule has 8 heteroatoms. The number of rotatable bonds is 6. The number of piperidine rings is 1. The van der Waals surface area contributed by atoms with Crippen LogP contribution in [0.1, 0.15) is 34.3 Å². The maximum atomic E-state index is 12.9. The molecular formula is C22H26N2O5S. The second-order valence-corrected chi connectivity index (χ2v) is 9.38. The van der Waals surface area contributed by atoms with Crippen molar-refractivity contribution in [2.45, 2.75) is 25.5 Å². The molecule has 7 nitrogen and oxygen atoms in total. The third-order valence-electron chi connectivity index (χ3n) is 5.34. The number of hydrogen-bond donors (Lipinski definition) is 1. The number of nitrogens with zero attached hydrogens (tertiary/aromatic N) is 1. The first-order valence-corrected chi connectivity index (χ1v) is 11.4. The monoisotopic (exact) mass is 430 g/mol. The number of esters is 1. The Bertz CT molecular complexity index is 1040. The molecule has 160 valence electrons. The molecule has 2 aromatic carbocycles. The van der Waals surface area contributed by atoms with Crippen molar-refractivity contribution in [1.82, 2.24) is 4.31 Å². The van der Waals surface area contributed by atoms with Crippen LogP contribution in [0.5, 0.6) is 0 Å². The lowest BCUT2D eigenvalue weighted by molar-refractivity contribution is -0.120. The van der Waals surface area contributed by atoms with Gasteiger partial charge >= 0.3 is 5.97 Å². The molecule has 3 rings (SSSR count). The zero-order chi connectivity index (χ0) is 21.7. The van der Waals surface area contributed by atoms with E-state index in [4.69, 9.17) is 4.74 Å². The van der Waals surface area contributed by atoms with E-state index >= 15 is 0 Å². The van der Waals surface area contributed by atoms with E-state index in [1.54, 1.807) is 24.3 Å². The van der Waals surface area contributed by atoms with Gasteiger partial charge in [-0.2, -0.15) is 0 Å². The van der Waals surface area contributed by atoms with Gasteiger partial charge < -0.3 is 10.1 Å². The molecule has 1 amide bonds. The normalized spacial score (nSPS) is 17.3. The van der Waals surface area contributed by atoms with Crippen LogP contribution in [-0.2, 0) is 25.3 Å². The van der Waals surface area contributed by atoms with Crippen LogP contribution >= 0.6 is 0 Å². The van der Waals surface area contributed by atoms with Crippen molar-refractivity contribution in [3.05, 3.63) is 65.2 Å². The fraction of sp³-hybridized carbons (Fsp3) is 0.364. The lowest BCUT2D eigenvalue weighted by atomic mass is 9.98. The van der Waals surface area contributed by atoms with E-state index in [0.717, 1.165) is 11.1 Å². The van der Waals surface area contributed by atoms with Crippen molar-refractivity contribution in [2.24, 2.45) is 5.92 Å². The first-order valence-electron chi connectivity index (χ1n) is 9.82. The molecule has 1 unspecified atom stereocenters. The number of para-hydroxylation sites is 1. The minimum absolute atomic E-state index is 0.0841. The lowest BCUT2D eigenvalue weighted by Crippen LogP contribution is -2.44. The van der Waals surface area contributed by atoms with E-state index in [1.807, 2.05) is 31.2 Å². The van der Waals surface area contributed by atoms with Crippen LogP contribution in [0.25, 0.3) is 0 Å². The summed E-state index contributed by atoms with van der Waals surface area (Å²) in [6, 6.07) is 14.0. The zero-order valence-electron chi connectivity index (χ0n) is 17.1. The topological polar surface area (TPSA) is 92.8 Å². The van der Waals surface area contributed by atoms with Gasteiger partial charge in [-0.15, -0.1) is 0 Å². The summed E-state index contributed by atoms with van der Waals surface area (Å²) in [6.07, 6.45) is 1.19. The molecule has 0 saturated carbocycles. The van der Waals surface area contributed by atoms with Gasteiger partial charge in [0.05, 0.1) is 30.0 Å². The highest BCUT2D eigenvalue weighted by Gasteiger charge is 2.33. The van der Waals surface area contributed by atoms with E-state index in [9.17, 15) is 18.0 Å². The highest BCUT2D eigenvalue weighted by molar-refractivity contribution is 7.88. The fourth-order valence-electron chi connectivity index (χ4n) is 3.58. The highest BCUT2D eigenvalue weighted by atomic mass is 32.2. The smallest absolute Gasteiger partial charge is 0.339 e. The number of amides is 1. The average molecular weight is 431 g/mol. The molecule has 1 saturated heterocycles. The molecule has 30 heavy (non-hydrogen) atoms. The maximum Gasteiger partial charge on any atom is 0.339 e. The van der Waals surface area contributed by atoms with Crippen molar-refractivity contribution in [2.75, 3.05) is 25.5 Å². The summed E-state index contributed by atoms with van der Waals surface area (Å²) in [5.41, 5.74) is 2.30. The SMILES string of the molecule is COC(=O)c1ccccc1NC(=O)C1CCCN(S(=O)(=O)Cc2ccccc2C)C1. The number of benzene rings is 2. The molecule has 2 aromatic rings. The van der Waals surface area contributed by atoms with Gasteiger partial charge in [-0.05, 0) is 43.0 Å². The molecule has 1 aliphatic rings. The predicted octanol–water partition coefficient (Wildman–Crippen LogP) is 2.96.